The molecule has 0 aliphatic heterocycles. The van der Waals surface area contributed by atoms with Gasteiger partial charge in [-0.1, -0.05) is 96.7 Å². The van der Waals surface area contributed by atoms with Crippen molar-refractivity contribution in [2.75, 3.05) is 0 Å². The van der Waals surface area contributed by atoms with Gasteiger partial charge in [-0.2, -0.15) is 0 Å². The van der Waals surface area contributed by atoms with Crippen LogP contribution < -0.4 is 0 Å². The van der Waals surface area contributed by atoms with Gasteiger partial charge in [0.05, 0.1) is 0 Å². The topological polar surface area (TPSA) is 0 Å². The van der Waals surface area contributed by atoms with E-state index in [4.69, 9.17) is 0 Å². The normalized spacial score (nSPS) is 8.95. The smallest absolute Gasteiger partial charge is 0.00252 e. The average Bonchev–Trinajstić information content (AvgIpc) is 2.50. The van der Waals surface area contributed by atoms with Crippen molar-refractivity contribution in [2.45, 2.75) is 74.1 Å². The van der Waals surface area contributed by atoms with Gasteiger partial charge in [0, 0.05) is 0 Å². The fourth-order valence-electron chi connectivity index (χ4n) is 2.04. The Morgan fingerprint density at radius 3 is 1.81 bits per heavy atom. The van der Waals surface area contributed by atoms with Gasteiger partial charge in [0.1, 0.15) is 0 Å². The first kappa shape index (κ1) is 22.0. The fourth-order valence-corrected chi connectivity index (χ4v) is 2.04. The monoisotopic (exact) mass is 288 g/mol. The first-order valence-corrected chi connectivity index (χ1v) is 8.48. The predicted molar refractivity (Wildman–Crippen MR) is 99.7 cm³/mol. The summed E-state index contributed by atoms with van der Waals surface area (Å²) in [5, 5.41) is 0. The van der Waals surface area contributed by atoms with Crippen LogP contribution >= 0.6 is 0 Å². The van der Waals surface area contributed by atoms with Crippen LogP contribution in [0.4, 0.5) is 0 Å². The molecule has 0 nitrogen and oxygen atoms in total. The Bertz CT molecular complexity index is 371. The van der Waals surface area contributed by atoms with Gasteiger partial charge in [-0.25, -0.2) is 0 Å². The second kappa shape index (κ2) is 15.1. The number of benzene rings is 1. The average molecular weight is 289 g/mol. The lowest BCUT2D eigenvalue weighted by Crippen LogP contribution is -1.91. The van der Waals surface area contributed by atoms with Crippen LogP contribution in [0, 0.1) is 12.8 Å². The lowest BCUT2D eigenvalue weighted by Gasteiger charge is -2.05. The fraction of sp³-hybridized carbons (Fsp3) is 0.571. The molecule has 21 heavy (non-hydrogen) atoms. The van der Waals surface area contributed by atoms with Gasteiger partial charge in [0.15, 0.2) is 0 Å². The third kappa shape index (κ3) is 12.2. The van der Waals surface area contributed by atoms with Crippen molar-refractivity contribution in [1.29, 1.82) is 0 Å². The van der Waals surface area contributed by atoms with Gasteiger partial charge < -0.3 is 0 Å². The van der Waals surface area contributed by atoms with Gasteiger partial charge >= 0.3 is 0 Å². The van der Waals surface area contributed by atoms with Crippen molar-refractivity contribution in [1.82, 2.24) is 0 Å². The first-order valence-electron chi connectivity index (χ1n) is 8.48. The molecule has 0 heterocycles. The summed E-state index contributed by atoms with van der Waals surface area (Å²) >= 11 is 0. The Labute approximate surface area is 134 Å². The molecule has 120 valence electrons. The van der Waals surface area contributed by atoms with Crippen LogP contribution in [0.2, 0.25) is 0 Å². The third-order valence-corrected chi connectivity index (χ3v) is 3.31. The maximum atomic E-state index is 3.60. The second-order valence-electron chi connectivity index (χ2n) is 5.35. The van der Waals surface area contributed by atoms with Crippen molar-refractivity contribution >= 4 is 5.57 Å². The van der Waals surface area contributed by atoms with Crippen LogP contribution in [-0.2, 0) is 0 Å². The van der Waals surface area contributed by atoms with Crippen molar-refractivity contribution < 1.29 is 0 Å². The number of aryl methyl sites for hydroxylation is 1. The van der Waals surface area contributed by atoms with Crippen LogP contribution in [0.25, 0.3) is 5.57 Å². The minimum Gasteiger partial charge on any atom is -0.125 e. The van der Waals surface area contributed by atoms with Gasteiger partial charge in [-0.15, -0.1) is 5.73 Å². The lowest BCUT2D eigenvalue weighted by atomic mass is 10.0. The standard InChI is InChI=1S/C11H12.C8H18.C2H6/c1-4-10(3)11-7-5-9(2)6-8-11;1-4-6-8(3)7-5-2;1-2/h5-8H,1H2,2-3H3;8H,4-7H2,1-3H3;1-2H3. The molecule has 0 spiro atoms. The van der Waals surface area contributed by atoms with Gasteiger partial charge in [-0.3, -0.25) is 0 Å². The molecule has 1 rings (SSSR count). The molecule has 0 aliphatic rings. The second-order valence-corrected chi connectivity index (χ2v) is 5.35. The van der Waals surface area contributed by atoms with Crippen molar-refractivity contribution in [3.8, 4) is 0 Å². The summed E-state index contributed by atoms with van der Waals surface area (Å²) in [4.78, 5) is 0. The highest BCUT2D eigenvalue weighted by atomic mass is 14.0. The van der Waals surface area contributed by atoms with E-state index in [1.807, 2.05) is 20.8 Å². The third-order valence-electron chi connectivity index (χ3n) is 3.31. The number of hydrogen-bond acceptors (Lipinski definition) is 0. The summed E-state index contributed by atoms with van der Waals surface area (Å²) in [5.74, 6) is 0.963. The zero-order valence-electron chi connectivity index (χ0n) is 15.4. The van der Waals surface area contributed by atoms with E-state index in [1.165, 1.54) is 36.8 Å². The van der Waals surface area contributed by atoms with E-state index in [-0.39, 0.29) is 0 Å². The molecule has 0 amide bonds. The van der Waals surface area contributed by atoms with Crippen LogP contribution in [0.3, 0.4) is 0 Å². The maximum absolute atomic E-state index is 3.60. The number of hydrogen-bond donors (Lipinski definition) is 0. The molecule has 1 aromatic carbocycles. The number of rotatable bonds is 5. The molecule has 0 bridgehead atoms. The molecule has 0 aliphatic carbocycles. The van der Waals surface area contributed by atoms with Crippen molar-refractivity contribution in [3.05, 3.63) is 47.7 Å². The Hall–Kier alpha value is -1.26. The Kier molecular flexibility index (Phi) is 15.9. The highest BCUT2D eigenvalue weighted by Crippen LogP contribution is 2.12. The summed E-state index contributed by atoms with van der Waals surface area (Å²) in [6, 6.07) is 8.36. The van der Waals surface area contributed by atoms with Crippen LogP contribution in [0.15, 0.2) is 36.6 Å². The van der Waals surface area contributed by atoms with E-state index in [0.29, 0.717) is 0 Å². The molecule has 0 saturated heterocycles. The molecule has 0 aromatic heterocycles. The molecule has 0 unspecified atom stereocenters. The summed E-state index contributed by atoms with van der Waals surface area (Å²) in [5.41, 5.74) is 6.45. The van der Waals surface area contributed by atoms with E-state index in [2.05, 4.69) is 64.3 Å². The van der Waals surface area contributed by atoms with Crippen LogP contribution in [0.5, 0.6) is 0 Å². The van der Waals surface area contributed by atoms with E-state index in [9.17, 15) is 0 Å². The highest BCUT2D eigenvalue weighted by Gasteiger charge is 1.95. The minimum atomic E-state index is 0.963. The Morgan fingerprint density at radius 1 is 1.05 bits per heavy atom. The van der Waals surface area contributed by atoms with Gasteiger partial charge in [0.25, 0.3) is 0 Å². The molecule has 0 N–H and O–H groups in total. The van der Waals surface area contributed by atoms with E-state index in [1.54, 1.807) is 0 Å². The SMILES string of the molecule is C=C=C(C)c1ccc(C)cc1.CC.CCCC(C)CCC. The van der Waals surface area contributed by atoms with Crippen molar-refractivity contribution in [2.24, 2.45) is 5.92 Å². The minimum absolute atomic E-state index is 0.963. The summed E-state index contributed by atoms with van der Waals surface area (Å²) in [6.07, 6.45) is 5.52. The molecule has 0 saturated carbocycles. The summed E-state index contributed by atoms with van der Waals surface area (Å²) < 4.78 is 0. The molecular formula is C21H36. The Morgan fingerprint density at radius 2 is 1.48 bits per heavy atom. The zero-order valence-corrected chi connectivity index (χ0v) is 15.4. The van der Waals surface area contributed by atoms with Gasteiger partial charge in [0.2, 0.25) is 0 Å². The van der Waals surface area contributed by atoms with Crippen LogP contribution in [-0.4, -0.2) is 0 Å². The molecule has 0 atom stereocenters. The predicted octanol–water partition coefficient (Wildman–Crippen LogP) is 7.43. The quantitative estimate of drug-likeness (QED) is 0.494. The van der Waals surface area contributed by atoms with E-state index in [0.717, 1.165) is 11.5 Å². The van der Waals surface area contributed by atoms with E-state index < -0.39 is 0 Å². The van der Waals surface area contributed by atoms with E-state index >= 15 is 0 Å². The highest BCUT2D eigenvalue weighted by molar-refractivity contribution is 5.62. The molecule has 0 radical (unpaired) electrons. The first-order chi connectivity index (χ1) is 10.0. The number of allylic oxidation sites excluding steroid dienone is 1. The van der Waals surface area contributed by atoms with Crippen molar-refractivity contribution in [3.63, 3.8) is 0 Å². The maximum Gasteiger partial charge on any atom is -0.00252 e. The molecular weight excluding hydrogens is 252 g/mol. The lowest BCUT2D eigenvalue weighted by molar-refractivity contribution is 0.480. The Balaban J connectivity index is 0. The summed E-state index contributed by atoms with van der Waals surface area (Å²) in [6.45, 7) is 18.5. The molecule has 0 fully saturated rings. The molecule has 0 heteroatoms. The molecule has 1 aromatic rings. The van der Waals surface area contributed by atoms with Crippen LogP contribution in [0.1, 0.15) is 78.4 Å². The summed E-state index contributed by atoms with van der Waals surface area (Å²) in [7, 11) is 0. The largest absolute Gasteiger partial charge is 0.125 e. The zero-order chi connectivity index (χ0) is 16.7. The van der Waals surface area contributed by atoms with Gasteiger partial charge in [-0.05, 0) is 30.9 Å².